The Balaban J connectivity index is 1.79. The fourth-order valence-corrected chi connectivity index (χ4v) is 3.85. The number of hydrogen-bond donors (Lipinski definition) is 3. The number of benzene rings is 1. The average Bonchev–Trinajstić information content (AvgIpc) is 3.09. The van der Waals surface area contributed by atoms with Crippen LogP contribution in [0.5, 0.6) is 0 Å². The number of ether oxygens (including phenoxy) is 1. The minimum atomic E-state index is -0.642. The molecule has 0 saturated heterocycles. The molecule has 0 amide bonds. The van der Waals surface area contributed by atoms with Crippen LogP contribution in [0.25, 0.3) is 0 Å². The van der Waals surface area contributed by atoms with Crippen molar-refractivity contribution in [1.29, 1.82) is 0 Å². The highest BCUT2D eigenvalue weighted by Crippen LogP contribution is 2.17. The molecular formula is C22H33N3O2S. The zero-order valence-electron chi connectivity index (χ0n) is 17.3. The molecule has 0 aliphatic carbocycles. The number of thiophene rings is 1. The average molecular weight is 404 g/mol. The summed E-state index contributed by atoms with van der Waals surface area (Å²) in [7, 11) is 0. The van der Waals surface area contributed by atoms with Gasteiger partial charge in [-0.3, -0.25) is 4.99 Å². The van der Waals surface area contributed by atoms with E-state index in [-0.39, 0.29) is 18.8 Å². The molecule has 0 aliphatic heterocycles. The van der Waals surface area contributed by atoms with Gasteiger partial charge in [0.2, 0.25) is 0 Å². The first kappa shape index (κ1) is 22.4. The number of nitrogens with one attached hydrogen (secondary N) is 2. The fraction of sp³-hybridized carbons (Fsp3) is 0.500. The number of nitrogens with zero attached hydrogens (tertiary/aromatic N) is 1. The summed E-state index contributed by atoms with van der Waals surface area (Å²) in [5.41, 5.74) is 1.10. The van der Waals surface area contributed by atoms with E-state index in [1.54, 1.807) is 0 Å². The van der Waals surface area contributed by atoms with E-state index in [2.05, 4.69) is 41.6 Å². The Kier molecular flexibility index (Phi) is 9.47. The molecule has 0 spiro atoms. The number of aryl methyl sites for hydroxylation is 1. The Morgan fingerprint density at radius 3 is 2.57 bits per heavy atom. The molecule has 28 heavy (non-hydrogen) atoms. The molecule has 3 unspecified atom stereocenters. The Morgan fingerprint density at radius 1 is 1.18 bits per heavy atom. The van der Waals surface area contributed by atoms with Crippen molar-refractivity contribution >= 4 is 17.3 Å². The molecule has 1 aromatic heterocycles. The van der Waals surface area contributed by atoms with Crippen LogP contribution in [0.3, 0.4) is 0 Å². The van der Waals surface area contributed by atoms with Crippen LogP contribution in [0, 0.1) is 6.92 Å². The molecule has 3 atom stereocenters. The highest BCUT2D eigenvalue weighted by Gasteiger charge is 2.11. The summed E-state index contributed by atoms with van der Waals surface area (Å²) in [6, 6.07) is 14.6. The predicted octanol–water partition coefficient (Wildman–Crippen LogP) is 3.68. The zero-order chi connectivity index (χ0) is 20.4. The predicted molar refractivity (Wildman–Crippen MR) is 118 cm³/mol. The van der Waals surface area contributed by atoms with Crippen molar-refractivity contribution in [2.75, 3.05) is 19.7 Å². The summed E-state index contributed by atoms with van der Waals surface area (Å²) >= 11 is 1.83. The summed E-state index contributed by atoms with van der Waals surface area (Å²) in [4.78, 5) is 7.21. The van der Waals surface area contributed by atoms with Gasteiger partial charge in [0.05, 0.1) is 25.4 Å². The first-order valence-electron chi connectivity index (χ1n) is 9.92. The van der Waals surface area contributed by atoms with E-state index in [0.717, 1.165) is 24.5 Å². The van der Waals surface area contributed by atoms with Gasteiger partial charge in [-0.25, -0.2) is 0 Å². The van der Waals surface area contributed by atoms with Crippen LogP contribution in [0.2, 0.25) is 0 Å². The third kappa shape index (κ3) is 8.00. The van der Waals surface area contributed by atoms with Gasteiger partial charge in [0.1, 0.15) is 0 Å². The lowest BCUT2D eigenvalue weighted by molar-refractivity contribution is 0.00111. The van der Waals surface area contributed by atoms with E-state index in [9.17, 15) is 5.11 Å². The molecule has 5 nitrogen and oxygen atoms in total. The van der Waals surface area contributed by atoms with Crippen molar-refractivity contribution < 1.29 is 9.84 Å². The quantitative estimate of drug-likeness (QED) is 0.418. The summed E-state index contributed by atoms with van der Waals surface area (Å²) in [5.74, 6) is 0.721. The second-order valence-electron chi connectivity index (χ2n) is 7.02. The summed E-state index contributed by atoms with van der Waals surface area (Å²) in [6.45, 7) is 9.61. The first-order valence-corrected chi connectivity index (χ1v) is 10.7. The molecule has 0 bridgehead atoms. The number of guanidine groups is 1. The van der Waals surface area contributed by atoms with E-state index in [1.807, 2.05) is 55.5 Å². The van der Waals surface area contributed by atoms with Gasteiger partial charge in [0.15, 0.2) is 5.96 Å². The molecule has 2 aromatic rings. The Labute approximate surface area is 172 Å². The van der Waals surface area contributed by atoms with Crippen molar-refractivity contribution in [2.45, 2.75) is 52.4 Å². The van der Waals surface area contributed by atoms with E-state index < -0.39 is 6.10 Å². The molecule has 0 radical (unpaired) electrons. The minimum absolute atomic E-state index is 0.0551. The largest absolute Gasteiger partial charge is 0.389 e. The normalized spacial score (nSPS) is 15.1. The van der Waals surface area contributed by atoms with Crippen molar-refractivity contribution in [3.05, 3.63) is 57.8 Å². The van der Waals surface area contributed by atoms with Gasteiger partial charge in [-0.05, 0) is 45.4 Å². The number of aliphatic hydroxyl groups excluding tert-OH is 1. The van der Waals surface area contributed by atoms with Gasteiger partial charge in [-0.2, -0.15) is 0 Å². The lowest BCUT2D eigenvalue weighted by atomic mass is 10.1. The van der Waals surface area contributed by atoms with E-state index >= 15 is 0 Å². The summed E-state index contributed by atoms with van der Waals surface area (Å²) in [6.07, 6.45) is 0.251. The maximum absolute atomic E-state index is 10.2. The smallest absolute Gasteiger partial charge is 0.191 e. The Morgan fingerprint density at radius 2 is 1.93 bits per heavy atom. The second kappa shape index (κ2) is 11.8. The van der Waals surface area contributed by atoms with Gasteiger partial charge >= 0.3 is 0 Å². The highest BCUT2D eigenvalue weighted by molar-refractivity contribution is 7.11. The van der Waals surface area contributed by atoms with E-state index in [4.69, 9.17) is 4.74 Å². The molecule has 1 aromatic carbocycles. The second-order valence-corrected chi connectivity index (χ2v) is 8.39. The van der Waals surface area contributed by atoms with Crippen molar-refractivity contribution in [3.8, 4) is 0 Å². The van der Waals surface area contributed by atoms with Crippen LogP contribution < -0.4 is 10.6 Å². The lowest BCUT2D eigenvalue weighted by Gasteiger charge is -2.19. The maximum Gasteiger partial charge on any atom is 0.191 e. The zero-order valence-corrected chi connectivity index (χ0v) is 18.1. The third-order valence-electron chi connectivity index (χ3n) is 4.30. The Hall–Kier alpha value is -1.89. The van der Waals surface area contributed by atoms with Gasteiger partial charge in [0.25, 0.3) is 0 Å². The van der Waals surface area contributed by atoms with Gasteiger partial charge in [-0.1, -0.05) is 30.3 Å². The highest BCUT2D eigenvalue weighted by atomic mass is 32.1. The molecule has 154 valence electrons. The maximum atomic E-state index is 10.2. The van der Waals surface area contributed by atoms with Crippen LogP contribution in [0.1, 0.15) is 42.2 Å². The number of hydrogen-bond acceptors (Lipinski definition) is 4. The van der Waals surface area contributed by atoms with Crippen molar-refractivity contribution in [2.24, 2.45) is 4.99 Å². The standard InChI is InChI=1S/C22H33N3O2S/c1-5-23-22(25-16(2)13-21-12-11-17(3)28-21)24-14-20(26)15-27-18(4)19-9-7-6-8-10-19/h6-12,16,18,20,26H,5,13-15H2,1-4H3,(H2,23,24,25). The van der Waals surface area contributed by atoms with Gasteiger partial charge in [-0.15, -0.1) is 11.3 Å². The van der Waals surface area contributed by atoms with Crippen LogP contribution in [0.4, 0.5) is 0 Å². The number of aliphatic hydroxyl groups is 1. The first-order chi connectivity index (χ1) is 13.5. The van der Waals surface area contributed by atoms with Crippen LogP contribution >= 0.6 is 11.3 Å². The van der Waals surface area contributed by atoms with Gasteiger partial charge < -0.3 is 20.5 Å². The SMILES string of the molecule is CCNC(=NCC(O)COC(C)c1ccccc1)NC(C)Cc1ccc(C)s1. The van der Waals surface area contributed by atoms with Crippen molar-refractivity contribution in [3.63, 3.8) is 0 Å². The lowest BCUT2D eigenvalue weighted by Crippen LogP contribution is -2.43. The topological polar surface area (TPSA) is 65.9 Å². The van der Waals surface area contributed by atoms with Gasteiger partial charge in [0, 0.05) is 28.8 Å². The number of aliphatic imine (C=N–C) groups is 1. The summed E-state index contributed by atoms with van der Waals surface area (Å²) < 4.78 is 5.79. The minimum Gasteiger partial charge on any atom is -0.389 e. The molecule has 0 saturated carbocycles. The van der Waals surface area contributed by atoms with Crippen LogP contribution in [-0.2, 0) is 11.2 Å². The molecule has 6 heteroatoms. The molecule has 1 heterocycles. The van der Waals surface area contributed by atoms with Crippen molar-refractivity contribution in [1.82, 2.24) is 10.6 Å². The third-order valence-corrected chi connectivity index (χ3v) is 5.32. The monoisotopic (exact) mass is 403 g/mol. The van der Waals surface area contributed by atoms with E-state index in [1.165, 1.54) is 9.75 Å². The molecule has 2 rings (SSSR count). The molecule has 3 N–H and O–H groups in total. The van der Waals surface area contributed by atoms with Crippen LogP contribution in [-0.4, -0.2) is 42.9 Å². The molecule has 0 aliphatic rings. The Bertz CT molecular complexity index is 718. The van der Waals surface area contributed by atoms with E-state index in [0.29, 0.717) is 6.54 Å². The summed E-state index contributed by atoms with van der Waals surface area (Å²) in [5, 5.41) is 16.9. The number of rotatable bonds is 10. The van der Waals surface area contributed by atoms with Crippen LogP contribution in [0.15, 0.2) is 47.5 Å². The molecular weight excluding hydrogens is 370 g/mol. The fourth-order valence-electron chi connectivity index (χ4n) is 2.83. The molecule has 0 fully saturated rings.